The van der Waals surface area contributed by atoms with E-state index in [1.165, 1.54) is 0 Å². The predicted molar refractivity (Wildman–Crippen MR) is 69.9 cm³/mol. The average molecular weight is 244 g/mol. The van der Waals surface area contributed by atoms with Gasteiger partial charge in [0.25, 0.3) is 0 Å². The van der Waals surface area contributed by atoms with Gasteiger partial charge >= 0.3 is 0 Å². The molecule has 0 bridgehead atoms. The van der Waals surface area contributed by atoms with Gasteiger partial charge in [-0.25, -0.2) is 9.97 Å². The molecule has 1 aromatic carbocycles. The number of hydrogen-bond acceptors (Lipinski definition) is 5. The Bertz CT molecular complexity index is 572. The highest BCUT2D eigenvalue weighted by molar-refractivity contribution is 5.87. The molecular weight excluding hydrogens is 228 g/mol. The number of anilines is 1. The highest BCUT2D eigenvalue weighted by atomic mass is 16.3. The second-order valence-corrected chi connectivity index (χ2v) is 4.72. The number of likely N-dealkylation sites (tertiary alicyclic amines) is 1. The first kappa shape index (κ1) is 11.4. The molecule has 3 N–H and O–H groups in total. The Balaban J connectivity index is 1.88. The van der Waals surface area contributed by atoms with Gasteiger partial charge in [-0.15, -0.1) is 0 Å². The van der Waals surface area contributed by atoms with Crippen molar-refractivity contribution in [3.63, 3.8) is 0 Å². The number of aliphatic hydroxyl groups excluding tert-OH is 1. The molecule has 18 heavy (non-hydrogen) atoms. The van der Waals surface area contributed by atoms with Crippen LogP contribution in [0.15, 0.2) is 24.3 Å². The molecule has 0 aliphatic carbocycles. The van der Waals surface area contributed by atoms with E-state index in [-0.39, 0.29) is 6.10 Å². The van der Waals surface area contributed by atoms with Crippen LogP contribution in [0.5, 0.6) is 0 Å². The molecular formula is C13H16N4O. The molecule has 1 aliphatic heterocycles. The van der Waals surface area contributed by atoms with E-state index in [9.17, 15) is 5.11 Å². The molecule has 0 amide bonds. The quantitative estimate of drug-likeness (QED) is 0.816. The molecule has 1 aliphatic rings. The van der Waals surface area contributed by atoms with Crippen molar-refractivity contribution >= 4 is 16.7 Å². The van der Waals surface area contributed by atoms with E-state index in [4.69, 9.17) is 5.73 Å². The molecule has 0 spiro atoms. The lowest BCUT2D eigenvalue weighted by Crippen LogP contribution is -2.23. The maximum atomic E-state index is 9.50. The number of nitrogens with zero attached hydrogens (tertiary/aromatic N) is 3. The van der Waals surface area contributed by atoms with Gasteiger partial charge in [0.1, 0.15) is 11.6 Å². The Labute approximate surface area is 105 Å². The fraction of sp³-hybridized carbons (Fsp3) is 0.385. The average Bonchev–Trinajstić information content (AvgIpc) is 2.75. The van der Waals surface area contributed by atoms with E-state index in [0.717, 1.165) is 29.7 Å². The minimum absolute atomic E-state index is 0.220. The molecule has 5 nitrogen and oxygen atoms in total. The number of rotatable bonds is 2. The third kappa shape index (κ3) is 2.14. The van der Waals surface area contributed by atoms with Crippen LogP contribution < -0.4 is 5.73 Å². The van der Waals surface area contributed by atoms with E-state index in [2.05, 4.69) is 14.9 Å². The minimum Gasteiger partial charge on any atom is -0.392 e. The maximum Gasteiger partial charge on any atom is 0.145 e. The van der Waals surface area contributed by atoms with Crippen molar-refractivity contribution in [1.29, 1.82) is 0 Å². The summed E-state index contributed by atoms with van der Waals surface area (Å²) in [5.74, 6) is 1.25. The zero-order valence-electron chi connectivity index (χ0n) is 10.1. The van der Waals surface area contributed by atoms with E-state index in [0.29, 0.717) is 18.9 Å². The summed E-state index contributed by atoms with van der Waals surface area (Å²) >= 11 is 0. The molecule has 1 aromatic heterocycles. The van der Waals surface area contributed by atoms with Crippen molar-refractivity contribution in [2.45, 2.75) is 19.1 Å². The molecule has 1 saturated heterocycles. The van der Waals surface area contributed by atoms with E-state index in [1.54, 1.807) is 0 Å². The minimum atomic E-state index is -0.220. The number of benzene rings is 1. The molecule has 3 rings (SSSR count). The van der Waals surface area contributed by atoms with Crippen LogP contribution in [-0.2, 0) is 6.54 Å². The first-order chi connectivity index (χ1) is 8.72. The zero-order valence-corrected chi connectivity index (χ0v) is 10.1. The van der Waals surface area contributed by atoms with Gasteiger partial charge in [-0.2, -0.15) is 0 Å². The number of nitrogens with two attached hydrogens (primary N) is 1. The molecule has 2 heterocycles. The normalized spacial score (nSPS) is 20.6. The van der Waals surface area contributed by atoms with E-state index < -0.39 is 0 Å². The molecule has 0 radical (unpaired) electrons. The van der Waals surface area contributed by atoms with Gasteiger partial charge in [0.15, 0.2) is 0 Å². The highest BCUT2D eigenvalue weighted by Gasteiger charge is 2.21. The highest BCUT2D eigenvalue weighted by Crippen LogP contribution is 2.18. The Hall–Kier alpha value is -1.72. The van der Waals surface area contributed by atoms with Crippen molar-refractivity contribution in [3.8, 4) is 0 Å². The molecule has 1 fully saturated rings. The molecule has 5 heteroatoms. The van der Waals surface area contributed by atoms with Gasteiger partial charge in [-0.1, -0.05) is 12.1 Å². The van der Waals surface area contributed by atoms with Crippen LogP contribution in [0.1, 0.15) is 12.2 Å². The standard InChI is InChI=1S/C13H16N4O/c14-13-10-3-1-2-4-11(10)15-12(16-13)8-17-6-5-9(18)7-17/h1-4,9,18H,5-8H2,(H2,14,15,16). The Morgan fingerprint density at radius 1 is 1.33 bits per heavy atom. The summed E-state index contributed by atoms with van der Waals surface area (Å²) in [6, 6.07) is 7.74. The van der Waals surface area contributed by atoms with Crippen LogP contribution in [0.3, 0.4) is 0 Å². The van der Waals surface area contributed by atoms with Crippen molar-refractivity contribution in [2.24, 2.45) is 0 Å². The Kier molecular flexibility index (Phi) is 2.85. The van der Waals surface area contributed by atoms with Gasteiger partial charge in [0, 0.05) is 18.5 Å². The van der Waals surface area contributed by atoms with Gasteiger partial charge in [0.05, 0.1) is 18.2 Å². The number of aliphatic hydroxyl groups is 1. The fourth-order valence-corrected chi connectivity index (χ4v) is 2.38. The van der Waals surface area contributed by atoms with Crippen LogP contribution in [0.4, 0.5) is 5.82 Å². The van der Waals surface area contributed by atoms with Crippen LogP contribution >= 0.6 is 0 Å². The molecule has 2 aromatic rings. The largest absolute Gasteiger partial charge is 0.392 e. The molecule has 1 unspecified atom stereocenters. The van der Waals surface area contributed by atoms with Gasteiger partial charge in [0.2, 0.25) is 0 Å². The zero-order chi connectivity index (χ0) is 12.5. The lowest BCUT2D eigenvalue weighted by atomic mass is 10.2. The summed E-state index contributed by atoms with van der Waals surface area (Å²) in [6.07, 6.45) is 0.603. The number of hydrogen-bond donors (Lipinski definition) is 2. The lowest BCUT2D eigenvalue weighted by Gasteiger charge is -2.14. The summed E-state index contributed by atoms with van der Waals surface area (Å²) in [7, 11) is 0. The second kappa shape index (κ2) is 4.51. The van der Waals surface area contributed by atoms with Crippen LogP contribution in [0, 0.1) is 0 Å². The topological polar surface area (TPSA) is 75.3 Å². The Morgan fingerprint density at radius 2 is 2.17 bits per heavy atom. The first-order valence-corrected chi connectivity index (χ1v) is 6.14. The number of nitrogen functional groups attached to an aromatic ring is 1. The SMILES string of the molecule is Nc1nc(CN2CCC(O)C2)nc2ccccc12. The third-order valence-electron chi connectivity index (χ3n) is 3.29. The fourth-order valence-electron chi connectivity index (χ4n) is 2.38. The van der Waals surface area contributed by atoms with Crippen molar-refractivity contribution in [2.75, 3.05) is 18.8 Å². The summed E-state index contributed by atoms with van der Waals surface area (Å²) < 4.78 is 0. The van der Waals surface area contributed by atoms with Gasteiger partial charge in [-0.05, 0) is 18.6 Å². The van der Waals surface area contributed by atoms with Gasteiger partial charge < -0.3 is 10.8 Å². The summed E-state index contributed by atoms with van der Waals surface area (Å²) in [4.78, 5) is 11.0. The van der Waals surface area contributed by atoms with E-state index >= 15 is 0 Å². The number of para-hydroxylation sites is 1. The second-order valence-electron chi connectivity index (χ2n) is 4.72. The van der Waals surface area contributed by atoms with Crippen LogP contribution in [0.2, 0.25) is 0 Å². The molecule has 1 atom stereocenters. The predicted octanol–water partition coefficient (Wildman–Crippen LogP) is 0.779. The van der Waals surface area contributed by atoms with Gasteiger partial charge in [-0.3, -0.25) is 4.90 Å². The maximum absolute atomic E-state index is 9.50. The van der Waals surface area contributed by atoms with Crippen molar-refractivity contribution in [3.05, 3.63) is 30.1 Å². The smallest absolute Gasteiger partial charge is 0.145 e. The van der Waals surface area contributed by atoms with Crippen molar-refractivity contribution < 1.29 is 5.11 Å². The van der Waals surface area contributed by atoms with Crippen molar-refractivity contribution in [1.82, 2.24) is 14.9 Å². The first-order valence-electron chi connectivity index (χ1n) is 6.14. The Morgan fingerprint density at radius 3 is 2.94 bits per heavy atom. The number of β-amino-alcohol motifs (C(OH)–C–C–N with tert-alkyl or cyclic N) is 1. The summed E-state index contributed by atoms with van der Waals surface area (Å²) in [5, 5.41) is 10.4. The number of fused-ring (bicyclic) bond motifs is 1. The summed E-state index contributed by atoms with van der Waals surface area (Å²) in [6.45, 7) is 2.22. The van der Waals surface area contributed by atoms with Crippen LogP contribution in [-0.4, -0.2) is 39.2 Å². The monoisotopic (exact) mass is 244 g/mol. The third-order valence-corrected chi connectivity index (χ3v) is 3.29. The number of aromatic nitrogens is 2. The lowest BCUT2D eigenvalue weighted by molar-refractivity contribution is 0.174. The van der Waals surface area contributed by atoms with Crippen LogP contribution in [0.25, 0.3) is 10.9 Å². The summed E-state index contributed by atoms with van der Waals surface area (Å²) in [5.41, 5.74) is 6.81. The molecule has 94 valence electrons. The molecule has 0 saturated carbocycles. The van der Waals surface area contributed by atoms with E-state index in [1.807, 2.05) is 24.3 Å².